The van der Waals surface area contributed by atoms with Crippen LogP contribution in [-0.2, 0) is 0 Å². The van der Waals surface area contributed by atoms with Crippen molar-refractivity contribution in [3.63, 3.8) is 0 Å². The molecule has 5 heteroatoms. The molecule has 0 saturated carbocycles. The van der Waals surface area contributed by atoms with Gasteiger partial charge in [-0.3, -0.25) is 0 Å². The van der Waals surface area contributed by atoms with E-state index in [-0.39, 0.29) is 5.69 Å². The monoisotopic (exact) mass is 257 g/mol. The summed E-state index contributed by atoms with van der Waals surface area (Å²) >= 11 is 0. The van der Waals surface area contributed by atoms with Gasteiger partial charge in [0.25, 0.3) is 0 Å². The number of nitrogens with zero attached hydrogens (tertiary/aromatic N) is 2. The Morgan fingerprint density at radius 3 is 2.79 bits per heavy atom. The number of methoxy groups -OCH3 is 1. The average Bonchev–Trinajstić information content (AvgIpc) is 2.40. The standard InChI is InChI=1S/C14H12FN3O/c1-9-5-10(8-16)6-14(17-9)18-13-7-11(19-2)3-4-12(13)15/h3-7H,1-2H3,(H,17,18). The first-order chi connectivity index (χ1) is 9.12. The van der Waals surface area contributed by atoms with Crippen molar-refractivity contribution in [3.8, 4) is 11.8 Å². The van der Waals surface area contributed by atoms with E-state index < -0.39 is 5.82 Å². The third-order valence-electron chi connectivity index (χ3n) is 2.52. The first-order valence-electron chi connectivity index (χ1n) is 5.61. The molecular weight excluding hydrogens is 245 g/mol. The van der Waals surface area contributed by atoms with Crippen LogP contribution < -0.4 is 10.1 Å². The largest absolute Gasteiger partial charge is 0.497 e. The second kappa shape index (κ2) is 5.36. The normalized spacial score (nSPS) is 9.79. The fourth-order valence-corrected chi connectivity index (χ4v) is 1.66. The van der Waals surface area contributed by atoms with Crippen molar-refractivity contribution < 1.29 is 9.13 Å². The summed E-state index contributed by atoms with van der Waals surface area (Å²) in [5.41, 5.74) is 1.41. The minimum Gasteiger partial charge on any atom is -0.497 e. The highest BCUT2D eigenvalue weighted by molar-refractivity contribution is 5.60. The molecule has 0 aliphatic carbocycles. The predicted octanol–water partition coefficient (Wildman–Crippen LogP) is 3.15. The molecular formula is C14H12FN3O. The van der Waals surface area contributed by atoms with Crippen molar-refractivity contribution in [2.24, 2.45) is 0 Å². The SMILES string of the molecule is COc1ccc(F)c(Nc2cc(C#N)cc(C)n2)c1. The minimum absolute atomic E-state index is 0.251. The van der Waals surface area contributed by atoms with Gasteiger partial charge in [0.2, 0.25) is 0 Å². The lowest BCUT2D eigenvalue weighted by atomic mass is 10.2. The molecule has 2 rings (SSSR count). The maximum Gasteiger partial charge on any atom is 0.146 e. The van der Waals surface area contributed by atoms with Gasteiger partial charge in [-0.15, -0.1) is 0 Å². The van der Waals surface area contributed by atoms with Crippen LogP contribution in [0.25, 0.3) is 0 Å². The van der Waals surface area contributed by atoms with Crippen LogP contribution in [0.1, 0.15) is 11.3 Å². The van der Waals surface area contributed by atoms with Crippen LogP contribution >= 0.6 is 0 Å². The quantitative estimate of drug-likeness (QED) is 0.917. The van der Waals surface area contributed by atoms with E-state index in [2.05, 4.69) is 10.3 Å². The van der Waals surface area contributed by atoms with Gasteiger partial charge in [0.15, 0.2) is 0 Å². The maximum atomic E-state index is 13.7. The zero-order chi connectivity index (χ0) is 13.8. The van der Waals surface area contributed by atoms with Gasteiger partial charge in [-0.1, -0.05) is 0 Å². The fourth-order valence-electron chi connectivity index (χ4n) is 1.66. The van der Waals surface area contributed by atoms with Gasteiger partial charge in [0.05, 0.1) is 24.4 Å². The van der Waals surface area contributed by atoms with Gasteiger partial charge in [-0.2, -0.15) is 5.26 Å². The second-order valence-corrected chi connectivity index (χ2v) is 3.97. The number of benzene rings is 1. The van der Waals surface area contributed by atoms with Gasteiger partial charge in [-0.25, -0.2) is 9.37 Å². The number of aromatic nitrogens is 1. The molecule has 4 nitrogen and oxygen atoms in total. The highest BCUT2D eigenvalue weighted by Crippen LogP contribution is 2.24. The van der Waals surface area contributed by atoms with Crippen molar-refractivity contribution >= 4 is 11.5 Å². The Hall–Kier alpha value is -2.61. The lowest BCUT2D eigenvalue weighted by Gasteiger charge is -2.09. The number of nitrogens with one attached hydrogen (secondary N) is 1. The van der Waals surface area contributed by atoms with Crippen molar-refractivity contribution in [1.29, 1.82) is 5.26 Å². The molecule has 19 heavy (non-hydrogen) atoms. The molecule has 0 radical (unpaired) electrons. The van der Waals surface area contributed by atoms with E-state index in [0.717, 1.165) is 0 Å². The Morgan fingerprint density at radius 2 is 2.11 bits per heavy atom. The van der Waals surface area contributed by atoms with E-state index >= 15 is 0 Å². The Bertz CT molecular complexity index is 650. The molecule has 96 valence electrons. The van der Waals surface area contributed by atoms with Gasteiger partial charge in [0, 0.05) is 11.8 Å². The van der Waals surface area contributed by atoms with Gasteiger partial charge in [0.1, 0.15) is 17.4 Å². The van der Waals surface area contributed by atoms with E-state index in [1.807, 2.05) is 6.07 Å². The average molecular weight is 257 g/mol. The molecule has 0 fully saturated rings. The first-order valence-corrected chi connectivity index (χ1v) is 5.61. The lowest BCUT2D eigenvalue weighted by Crippen LogP contribution is -1.99. The molecule has 0 aliphatic heterocycles. The lowest BCUT2D eigenvalue weighted by molar-refractivity contribution is 0.414. The molecule has 0 aliphatic rings. The smallest absolute Gasteiger partial charge is 0.146 e. The van der Waals surface area contributed by atoms with Gasteiger partial charge >= 0.3 is 0 Å². The van der Waals surface area contributed by atoms with E-state index in [9.17, 15) is 4.39 Å². The van der Waals surface area contributed by atoms with E-state index in [0.29, 0.717) is 22.8 Å². The number of halogens is 1. The predicted molar refractivity (Wildman–Crippen MR) is 69.9 cm³/mol. The Kier molecular flexibility index (Phi) is 3.62. The highest BCUT2D eigenvalue weighted by atomic mass is 19.1. The van der Waals surface area contributed by atoms with Crippen LogP contribution in [0.4, 0.5) is 15.9 Å². The van der Waals surface area contributed by atoms with E-state index in [1.54, 1.807) is 19.1 Å². The molecule has 1 aromatic heterocycles. The van der Waals surface area contributed by atoms with Crippen LogP contribution in [0.3, 0.4) is 0 Å². The van der Waals surface area contributed by atoms with Crippen LogP contribution in [0, 0.1) is 24.1 Å². The summed E-state index contributed by atoms with van der Waals surface area (Å²) in [5.74, 6) is 0.545. The third kappa shape index (κ3) is 2.99. The van der Waals surface area contributed by atoms with Crippen molar-refractivity contribution in [2.75, 3.05) is 12.4 Å². The van der Waals surface area contributed by atoms with E-state index in [4.69, 9.17) is 10.00 Å². The molecule has 0 bridgehead atoms. The van der Waals surface area contributed by atoms with Crippen molar-refractivity contribution in [2.45, 2.75) is 6.92 Å². The number of anilines is 2. The zero-order valence-corrected chi connectivity index (χ0v) is 10.6. The summed E-state index contributed by atoms with van der Waals surface area (Å²) in [4.78, 5) is 4.20. The van der Waals surface area contributed by atoms with Crippen molar-refractivity contribution in [3.05, 3.63) is 47.4 Å². The van der Waals surface area contributed by atoms with Crippen molar-refractivity contribution in [1.82, 2.24) is 4.98 Å². The number of aryl methyl sites for hydroxylation is 1. The van der Waals surface area contributed by atoms with Crippen LogP contribution in [0.2, 0.25) is 0 Å². The van der Waals surface area contributed by atoms with Crippen LogP contribution in [0.5, 0.6) is 5.75 Å². The summed E-state index contributed by atoms with van der Waals surface area (Å²) in [7, 11) is 1.51. The summed E-state index contributed by atoms with van der Waals surface area (Å²) in [6.45, 7) is 1.77. The molecule has 1 heterocycles. The molecule has 0 saturated heterocycles. The van der Waals surface area contributed by atoms with Crippen LogP contribution in [-0.4, -0.2) is 12.1 Å². The number of nitriles is 1. The minimum atomic E-state index is -0.414. The van der Waals surface area contributed by atoms with Gasteiger partial charge in [-0.05, 0) is 31.2 Å². The molecule has 2 aromatic rings. The summed E-state index contributed by atoms with van der Waals surface area (Å²) in [6.07, 6.45) is 0. The zero-order valence-electron chi connectivity index (χ0n) is 10.6. The Morgan fingerprint density at radius 1 is 1.32 bits per heavy atom. The summed E-state index contributed by atoms with van der Waals surface area (Å²) in [6, 6.07) is 9.63. The summed E-state index contributed by atoms with van der Waals surface area (Å²) in [5, 5.41) is 11.7. The number of rotatable bonds is 3. The summed E-state index contributed by atoms with van der Waals surface area (Å²) < 4.78 is 18.7. The topological polar surface area (TPSA) is 57.9 Å². The first kappa shape index (κ1) is 12.8. The number of pyridine rings is 1. The molecule has 1 aromatic carbocycles. The molecule has 1 N–H and O–H groups in total. The number of hydrogen-bond donors (Lipinski definition) is 1. The Balaban J connectivity index is 2.36. The molecule has 0 spiro atoms. The van der Waals surface area contributed by atoms with Gasteiger partial charge < -0.3 is 10.1 Å². The van der Waals surface area contributed by atoms with Crippen LogP contribution in [0.15, 0.2) is 30.3 Å². The Labute approximate surface area is 110 Å². The number of hydrogen-bond acceptors (Lipinski definition) is 4. The third-order valence-corrected chi connectivity index (χ3v) is 2.52. The number of ether oxygens (including phenoxy) is 1. The molecule has 0 amide bonds. The molecule has 0 atom stereocenters. The molecule has 0 unspecified atom stereocenters. The fraction of sp³-hybridized carbons (Fsp3) is 0.143. The van der Waals surface area contributed by atoms with E-state index in [1.165, 1.54) is 25.3 Å². The highest BCUT2D eigenvalue weighted by Gasteiger charge is 2.06. The maximum absolute atomic E-state index is 13.7. The second-order valence-electron chi connectivity index (χ2n) is 3.97.